The Bertz CT molecular complexity index is 446. The van der Waals surface area contributed by atoms with Crippen LogP contribution in [0.25, 0.3) is 0 Å². The van der Waals surface area contributed by atoms with Crippen LogP contribution in [0.2, 0.25) is 0 Å². The van der Waals surface area contributed by atoms with E-state index in [0.717, 1.165) is 0 Å². The van der Waals surface area contributed by atoms with Gasteiger partial charge in [-0.1, -0.05) is 0 Å². The zero-order valence-corrected chi connectivity index (χ0v) is 10.1. The molecule has 1 rings (SSSR count). The third kappa shape index (κ3) is 4.86. The van der Waals surface area contributed by atoms with Crippen molar-refractivity contribution in [2.24, 2.45) is 5.73 Å². The van der Waals surface area contributed by atoms with Crippen molar-refractivity contribution in [1.82, 2.24) is 0 Å². The van der Waals surface area contributed by atoms with Crippen molar-refractivity contribution in [3.05, 3.63) is 29.6 Å². The molecular weight excluding hydrogens is 264 g/mol. The maximum atomic E-state index is 13.3. The number of carbonyl (C=O) groups excluding carboxylic acids is 1. The fraction of sp³-hybridized carbons (Fsp3) is 0.417. The summed E-state index contributed by atoms with van der Waals surface area (Å²) in [4.78, 5) is 11.4. The summed E-state index contributed by atoms with van der Waals surface area (Å²) in [6.45, 7) is 0.422. The molecule has 0 aliphatic carbocycles. The molecule has 1 aromatic rings. The van der Waals surface area contributed by atoms with E-state index in [4.69, 9.17) is 5.73 Å². The van der Waals surface area contributed by atoms with E-state index in [2.05, 4.69) is 5.32 Å². The zero-order valence-electron chi connectivity index (χ0n) is 10.1. The summed E-state index contributed by atoms with van der Waals surface area (Å²) in [6.07, 6.45) is -3.36. The molecule has 0 aliphatic heterocycles. The van der Waals surface area contributed by atoms with Crippen molar-refractivity contribution in [3.8, 4) is 0 Å². The highest BCUT2D eigenvalue weighted by molar-refractivity contribution is 5.90. The second kappa shape index (κ2) is 6.51. The van der Waals surface area contributed by atoms with E-state index in [1.807, 2.05) is 0 Å². The Labute approximate surface area is 107 Å². The molecule has 0 aromatic heterocycles. The molecule has 3 N–H and O–H groups in total. The smallest absolute Gasteiger partial charge is 0.330 e. The zero-order chi connectivity index (χ0) is 14.5. The summed E-state index contributed by atoms with van der Waals surface area (Å²) >= 11 is 0. The Kier molecular flexibility index (Phi) is 5.29. The van der Waals surface area contributed by atoms with Crippen LogP contribution in [0.3, 0.4) is 0 Å². The Balaban J connectivity index is 2.74. The first-order valence-electron chi connectivity index (χ1n) is 5.71. The third-order valence-electron chi connectivity index (χ3n) is 2.43. The predicted molar refractivity (Wildman–Crippen MR) is 62.9 cm³/mol. The number of benzene rings is 1. The first-order valence-corrected chi connectivity index (χ1v) is 5.71. The van der Waals surface area contributed by atoms with Gasteiger partial charge in [-0.25, -0.2) is 4.39 Å². The summed E-state index contributed by atoms with van der Waals surface area (Å²) < 4.78 is 50.6. The van der Waals surface area contributed by atoms with Crippen LogP contribution >= 0.6 is 0 Å². The molecule has 0 fully saturated rings. The van der Waals surface area contributed by atoms with Crippen LogP contribution in [0.15, 0.2) is 18.2 Å². The van der Waals surface area contributed by atoms with Gasteiger partial charge in [0.1, 0.15) is 5.82 Å². The summed E-state index contributed by atoms with van der Waals surface area (Å²) in [6, 6.07) is 1.88. The van der Waals surface area contributed by atoms with E-state index in [-0.39, 0.29) is 6.42 Å². The number of unbranched alkanes of at least 4 members (excludes halogenated alkanes) is 1. The second-order valence-electron chi connectivity index (χ2n) is 3.99. The van der Waals surface area contributed by atoms with E-state index >= 15 is 0 Å². The number of hydrogen-bond acceptors (Lipinski definition) is 2. The fourth-order valence-corrected chi connectivity index (χ4v) is 1.44. The molecule has 0 unspecified atom stereocenters. The van der Waals surface area contributed by atoms with Crippen LogP contribution in [0.5, 0.6) is 0 Å². The highest BCUT2D eigenvalue weighted by Crippen LogP contribution is 2.31. The number of hydrogen-bond donors (Lipinski definition) is 2. The lowest BCUT2D eigenvalue weighted by Gasteiger charge is -2.10. The van der Waals surface area contributed by atoms with Gasteiger partial charge in [0.25, 0.3) is 0 Å². The average molecular weight is 278 g/mol. The quantitative estimate of drug-likeness (QED) is 0.642. The molecule has 7 heteroatoms. The van der Waals surface area contributed by atoms with Gasteiger partial charge in [0.15, 0.2) is 0 Å². The van der Waals surface area contributed by atoms with Crippen LogP contribution < -0.4 is 11.1 Å². The molecule has 106 valence electrons. The molecular formula is C12H14F4N2O. The van der Waals surface area contributed by atoms with Gasteiger partial charge in [0.2, 0.25) is 5.91 Å². The fourth-order valence-electron chi connectivity index (χ4n) is 1.44. The molecule has 0 saturated heterocycles. The maximum Gasteiger partial charge on any atom is 0.416 e. The largest absolute Gasteiger partial charge is 0.416 e. The number of nitrogens with two attached hydrogens (primary N) is 1. The Morgan fingerprint density at radius 3 is 2.53 bits per heavy atom. The topological polar surface area (TPSA) is 55.1 Å². The number of halogens is 4. The molecule has 0 saturated carbocycles. The van der Waals surface area contributed by atoms with E-state index in [1.54, 1.807) is 0 Å². The van der Waals surface area contributed by atoms with Crippen LogP contribution in [-0.4, -0.2) is 12.5 Å². The molecule has 0 radical (unpaired) electrons. The predicted octanol–water partition coefficient (Wildman–Crippen LogP) is 2.91. The van der Waals surface area contributed by atoms with Gasteiger partial charge in [-0.05, 0) is 37.6 Å². The van der Waals surface area contributed by atoms with Gasteiger partial charge in [-0.3, -0.25) is 4.79 Å². The van der Waals surface area contributed by atoms with E-state index in [9.17, 15) is 22.4 Å². The third-order valence-corrected chi connectivity index (χ3v) is 2.43. The molecule has 3 nitrogen and oxygen atoms in total. The van der Waals surface area contributed by atoms with Gasteiger partial charge in [0.05, 0.1) is 11.3 Å². The summed E-state index contributed by atoms with van der Waals surface area (Å²) in [5, 5.41) is 2.13. The molecule has 19 heavy (non-hydrogen) atoms. The van der Waals surface area contributed by atoms with Crippen LogP contribution in [-0.2, 0) is 11.0 Å². The molecule has 0 spiro atoms. The Morgan fingerprint density at radius 1 is 1.26 bits per heavy atom. The number of nitrogens with one attached hydrogen (secondary N) is 1. The van der Waals surface area contributed by atoms with E-state index in [0.29, 0.717) is 37.6 Å². The van der Waals surface area contributed by atoms with Gasteiger partial charge in [0, 0.05) is 6.42 Å². The summed E-state index contributed by atoms with van der Waals surface area (Å²) in [7, 11) is 0. The Hall–Kier alpha value is -1.63. The standard InChI is InChI=1S/C12H14F4N2O/c13-9-5-4-8(12(14,15)16)7-10(9)18-11(19)3-1-2-6-17/h4-5,7H,1-3,6,17H2,(H,18,19). The molecule has 0 atom stereocenters. The monoisotopic (exact) mass is 278 g/mol. The van der Waals surface area contributed by atoms with Gasteiger partial charge in [-0.15, -0.1) is 0 Å². The minimum atomic E-state index is -4.58. The van der Waals surface area contributed by atoms with Crippen molar-refractivity contribution in [1.29, 1.82) is 0 Å². The van der Waals surface area contributed by atoms with Gasteiger partial charge in [-0.2, -0.15) is 13.2 Å². The van der Waals surface area contributed by atoms with Gasteiger partial charge >= 0.3 is 6.18 Å². The van der Waals surface area contributed by atoms with Crippen molar-refractivity contribution in [2.75, 3.05) is 11.9 Å². The lowest BCUT2D eigenvalue weighted by molar-refractivity contribution is -0.137. The normalized spacial score (nSPS) is 11.4. The summed E-state index contributed by atoms with van der Waals surface area (Å²) in [5.41, 5.74) is 3.77. The van der Waals surface area contributed by atoms with Crippen LogP contribution in [0.1, 0.15) is 24.8 Å². The number of amides is 1. The highest BCUT2D eigenvalue weighted by Gasteiger charge is 2.31. The number of alkyl halides is 3. The first kappa shape index (κ1) is 15.4. The average Bonchev–Trinajstić information content (AvgIpc) is 2.31. The lowest BCUT2D eigenvalue weighted by Crippen LogP contribution is -2.14. The molecule has 0 heterocycles. The number of carbonyl (C=O) groups is 1. The highest BCUT2D eigenvalue weighted by atomic mass is 19.4. The van der Waals surface area contributed by atoms with Crippen molar-refractivity contribution >= 4 is 11.6 Å². The second-order valence-corrected chi connectivity index (χ2v) is 3.99. The first-order chi connectivity index (χ1) is 8.84. The van der Waals surface area contributed by atoms with Crippen LogP contribution in [0.4, 0.5) is 23.2 Å². The van der Waals surface area contributed by atoms with Crippen molar-refractivity contribution < 1.29 is 22.4 Å². The molecule has 1 aromatic carbocycles. The summed E-state index contributed by atoms with van der Waals surface area (Å²) in [5.74, 6) is -1.44. The van der Waals surface area contributed by atoms with Crippen molar-refractivity contribution in [2.45, 2.75) is 25.4 Å². The van der Waals surface area contributed by atoms with E-state index < -0.39 is 29.2 Å². The van der Waals surface area contributed by atoms with Crippen molar-refractivity contribution in [3.63, 3.8) is 0 Å². The maximum absolute atomic E-state index is 13.3. The minimum Gasteiger partial charge on any atom is -0.330 e. The van der Waals surface area contributed by atoms with E-state index in [1.165, 1.54) is 0 Å². The SMILES string of the molecule is NCCCCC(=O)Nc1cc(C(F)(F)F)ccc1F. The Morgan fingerprint density at radius 2 is 1.95 bits per heavy atom. The minimum absolute atomic E-state index is 0.0902. The molecule has 1 amide bonds. The number of rotatable bonds is 5. The lowest BCUT2D eigenvalue weighted by atomic mass is 10.1. The molecule has 0 aliphatic rings. The number of anilines is 1. The van der Waals surface area contributed by atoms with Crippen LogP contribution in [0, 0.1) is 5.82 Å². The van der Waals surface area contributed by atoms with Gasteiger partial charge < -0.3 is 11.1 Å². The molecule has 0 bridgehead atoms.